The SMILES string of the molecule is CCCCCC[C@@H](S)CCS. The van der Waals surface area contributed by atoms with E-state index in [1.165, 1.54) is 32.1 Å². The highest BCUT2D eigenvalue weighted by Gasteiger charge is 2.00. The molecule has 0 bridgehead atoms. The molecule has 1 atom stereocenters. The Morgan fingerprint density at radius 3 is 2.36 bits per heavy atom. The van der Waals surface area contributed by atoms with Gasteiger partial charge in [-0.25, -0.2) is 0 Å². The van der Waals surface area contributed by atoms with E-state index in [-0.39, 0.29) is 0 Å². The number of rotatable bonds is 7. The standard InChI is InChI=1S/C9H20S2/c1-2-3-4-5-6-9(11)7-8-10/h9-11H,2-8H2,1H3/t9-/m1/s1. The maximum absolute atomic E-state index is 4.46. The zero-order chi connectivity index (χ0) is 8.53. The summed E-state index contributed by atoms with van der Waals surface area (Å²) in [4.78, 5) is 0. The predicted molar refractivity (Wildman–Crippen MR) is 60.0 cm³/mol. The zero-order valence-corrected chi connectivity index (χ0v) is 9.21. The highest BCUT2D eigenvalue weighted by Crippen LogP contribution is 2.12. The molecule has 0 aromatic rings. The second kappa shape index (κ2) is 8.79. The molecule has 0 amide bonds. The molecule has 11 heavy (non-hydrogen) atoms. The van der Waals surface area contributed by atoms with Gasteiger partial charge in [-0.1, -0.05) is 32.6 Å². The Labute approximate surface area is 82.0 Å². The maximum atomic E-state index is 4.46. The molecule has 0 nitrogen and oxygen atoms in total. The van der Waals surface area contributed by atoms with Crippen molar-refractivity contribution in [1.82, 2.24) is 0 Å². The van der Waals surface area contributed by atoms with Crippen molar-refractivity contribution in [1.29, 1.82) is 0 Å². The topological polar surface area (TPSA) is 0 Å². The van der Waals surface area contributed by atoms with Crippen LogP contribution in [-0.4, -0.2) is 11.0 Å². The average molecular weight is 192 g/mol. The Kier molecular flexibility index (Phi) is 9.35. The summed E-state index contributed by atoms with van der Waals surface area (Å²) >= 11 is 8.64. The van der Waals surface area contributed by atoms with Gasteiger partial charge in [-0.3, -0.25) is 0 Å². The summed E-state index contributed by atoms with van der Waals surface area (Å²) in [5.74, 6) is 0.974. The molecular weight excluding hydrogens is 172 g/mol. The molecule has 0 aromatic carbocycles. The first kappa shape index (κ1) is 11.7. The third-order valence-electron chi connectivity index (χ3n) is 1.85. The third kappa shape index (κ3) is 8.61. The predicted octanol–water partition coefficient (Wildman–Crippen LogP) is 3.58. The van der Waals surface area contributed by atoms with Crippen LogP contribution in [0.15, 0.2) is 0 Å². The molecule has 0 aliphatic heterocycles. The maximum Gasteiger partial charge on any atom is 0.00245 e. The van der Waals surface area contributed by atoms with Crippen LogP contribution in [0, 0.1) is 0 Å². The minimum absolute atomic E-state index is 0.587. The van der Waals surface area contributed by atoms with Crippen molar-refractivity contribution in [3.8, 4) is 0 Å². The molecule has 0 aliphatic carbocycles. The van der Waals surface area contributed by atoms with Gasteiger partial charge in [0.25, 0.3) is 0 Å². The van der Waals surface area contributed by atoms with Crippen LogP contribution < -0.4 is 0 Å². The van der Waals surface area contributed by atoms with E-state index in [2.05, 4.69) is 32.2 Å². The molecule has 0 saturated heterocycles. The largest absolute Gasteiger partial charge is 0.179 e. The van der Waals surface area contributed by atoms with E-state index in [1.807, 2.05) is 0 Å². The minimum Gasteiger partial charge on any atom is -0.179 e. The minimum atomic E-state index is 0.587. The third-order valence-corrected chi connectivity index (χ3v) is 2.63. The summed E-state index contributed by atoms with van der Waals surface area (Å²) in [7, 11) is 0. The molecule has 0 saturated carbocycles. The second-order valence-corrected chi connectivity index (χ2v) is 4.19. The first-order valence-corrected chi connectivity index (χ1v) is 5.75. The Morgan fingerprint density at radius 1 is 1.09 bits per heavy atom. The van der Waals surface area contributed by atoms with E-state index in [0.29, 0.717) is 5.25 Å². The number of unbranched alkanes of at least 4 members (excludes halogenated alkanes) is 3. The fourth-order valence-electron chi connectivity index (χ4n) is 1.10. The van der Waals surface area contributed by atoms with Crippen LogP contribution in [0.25, 0.3) is 0 Å². The van der Waals surface area contributed by atoms with Gasteiger partial charge in [0.05, 0.1) is 0 Å². The van der Waals surface area contributed by atoms with Crippen molar-refractivity contribution < 1.29 is 0 Å². The van der Waals surface area contributed by atoms with Crippen molar-refractivity contribution in [3.05, 3.63) is 0 Å². The Hall–Kier alpha value is 0.700. The Balaban J connectivity index is 2.97. The van der Waals surface area contributed by atoms with Crippen LogP contribution in [-0.2, 0) is 0 Å². The van der Waals surface area contributed by atoms with Gasteiger partial charge in [-0.2, -0.15) is 25.3 Å². The van der Waals surface area contributed by atoms with Gasteiger partial charge in [0.1, 0.15) is 0 Å². The van der Waals surface area contributed by atoms with E-state index in [1.54, 1.807) is 0 Å². The summed E-state index contributed by atoms with van der Waals surface area (Å²) in [5.41, 5.74) is 0. The summed E-state index contributed by atoms with van der Waals surface area (Å²) in [5, 5.41) is 0.587. The van der Waals surface area contributed by atoms with Gasteiger partial charge in [-0.15, -0.1) is 0 Å². The molecule has 0 rings (SSSR count). The highest BCUT2D eigenvalue weighted by atomic mass is 32.1. The van der Waals surface area contributed by atoms with Gasteiger partial charge < -0.3 is 0 Å². The summed E-state index contributed by atoms with van der Waals surface area (Å²) in [6, 6.07) is 0. The number of thiol groups is 2. The normalized spacial score (nSPS) is 13.4. The van der Waals surface area contributed by atoms with Crippen molar-refractivity contribution in [2.24, 2.45) is 0 Å². The van der Waals surface area contributed by atoms with Crippen molar-refractivity contribution in [2.45, 2.75) is 50.7 Å². The fraction of sp³-hybridized carbons (Fsp3) is 1.00. The lowest BCUT2D eigenvalue weighted by atomic mass is 10.1. The average Bonchev–Trinajstić information content (AvgIpc) is 1.99. The molecule has 0 spiro atoms. The summed E-state index contributed by atoms with van der Waals surface area (Å²) < 4.78 is 0. The van der Waals surface area contributed by atoms with Gasteiger partial charge in [0.15, 0.2) is 0 Å². The van der Waals surface area contributed by atoms with E-state index >= 15 is 0 Å². The lowest BCUT2D eigenvalue weighted by Gasteiger charge is -2.07. The van der Waals surface area contributed by atoms with Crippen LogP contribution in [0.4, 0.5) is 0 Å². The molecule has 0 radical (unpaired) electrons. The lowest BCUT2D eigenvalue weighted by Crippen LogP contribution is -1.98. The van der Waals surface area contributed by atoms with Crippen LogP contribution >= 0.6 is 25.3 Å². The smallest absolute Gasteiger partial charge is 0.00245 e. The van der Waals surface area contributed by atoms with Gasteiger partial charge in [0, 0.05) is 5.25 Å². The molecule has 0 N–H and O–H groups in total. The van der Waals surface area contributed by atoms with Crippen LogP contribution in [0.3, 0.4) is 0 Å². The fourth-order valence-corrected chi connectivity index (χ4v) is 1.93. The molecule has 0 unspecified atom stereocenters. The van der Waals surface area contributed by atoms with Crippen LogP contribution in [0.1, 0.15) is 45.4 Å². The van der Waals surface area contributed by atoms with Crippen molar-refractivity contribution >= 4 is 25.3 Å². The van der Waals surface area contributed by atoms with Gasteiger partial charge in [-0.05, 0) is 18.6 Å². The summed E-state index contributed by atoms with van der Waals surface area (Å²) in [6.45, 7) is 2.24. The molecule has 0 heterocycles. The van der Waals surface area contributed by atoms with Gasteiger partial charge >= 0.3 is 0 Å². The molecule has 0 aliphatic rings. The highest BCUT2D eigenvalue weighted by molar-refractivity contribution is 7.81. The molecule has 0 fully saturated rings. The Morgan fingerprint density at radius 2 is 1.82 bits per heavy atom. The van der Waals surface area contributed by atoms with E-state index < -0.39 is 0 Å². The lowest BCUT2D eigenvalue weighted by molar-refractivity contribution is 0.614. The zero-order valence-electron chi connectivity index (χ0n) is 7.42. The van der Waals surface area contributed by atoms with Crippen LogP contribution in [0.5, 0.6) is 0 Å². The molecule has 2 heteroatoms. The van der Waals surface area contributed by atoms with E-state index in [4.69, 9.17) is 0 Å². The van der Waals surface area contributed by atoms with Crippen molar-refractivity contribution in [2.75, 3.05) is 5.75 Å². The summed E-state index contributed by atoms with van der Waals surface area (Å²) in [6.07, 6.45) is 7.84. The van der Waals surface area contributed by atoms with Crippen LogP contribution in [0.2, 0.25) is 0 Å². The quantitative estimate of drug-likeness (QED) is 0.447. The second-order valence-electron chi connectivity index (χ2n) is 3.02. The van der Waals surface area contributed by atoms with Gasteiger partial charge in [0.2, 0.25) is 0 Å². The number of hydrogen-bond donors (Lipinski definition) is 2. The molecular formula is C9H20S2. The Bertz CT molecular complexity index is 74.0. The first-order chi connectivity index (χ1) is 5.31. The monoisotopic (exact) mass is 192 g/mol. The first-order valence-electron chi connectivity index (χ1n) is 4.60. The molecule has 0 aromatic heterocycles. The van der Waals surface area contributed by atoms with Crippen molar-refractivity contribution in [3.63, 3.8) is 0 Å². The van der Waals surface area contributed by atoms with E-state index in [9.17, 15) is 0 Å². The van der Waals surface area contributed by atoms with E-state index in [0.717, 1.165) is 12.2 Å². The number of hydrogen-bond acceptors (Lipinski definition) is 2. The molecule has 68 valence electrons.